The van der Waals surface area contributed by atoms with Crippen molar-refractivity contribution in [1.29, 1.82) is 0 Å². The SMILES string of the molecule is C#C[C@H](N)c1cccc([N+](=O)[O-])c1. The summed E-state index contributed by atoms with van der Waals surface area (Å²) in [6.45, 7) is 0. The number of terminal acetylenes is 1. The quantitative estimate of drug-likeness (QED) is 0.418. The molecule has 0 aliphatic rings. The van der Waals surface area contributed by atoms with E-state index in [0.29, 0.717) is 5.56 Å². The van der Waals surface area contributed by atoms with Crippen molar-refractivity contribution in [3.8, 4) is 12.3 Å². The summed E-state index contributed by atoms with van der Waals surface area (Å²) >= 11 is 0. The Kier molecular flexibility index (Phi) is 2.62. The van der Waals surface area contributed by atoms with Crippen LogP contribution in [0.1, 0.15) is 11.6 Å². The minimum atomic E-state index is -0.583. The molecule has 4 nitrogen and oxygen atoms in total. The maximum atomic E-state index is 10.4. The third kappa shape index (κ3) is 2.04. The van der Waals surface area contributed by atoms with Crippen LogP contribution >= 0.6 is 0 Å². The molecule has 0 aliphatic carbocycles. The number of nitrogens with two attached hydrogens (primary N) is 1. The Balaban J connectivity index is 3.07. The smallest absolute Gasteiger partial charge is 0.269 e. The van der Waals surface area contributed by atoms with E-state index < -0.39 is 11.0 Å². The van der Waals surface area contributed by atoms with Gasteiger partial charge in [-0.1, -0.05) is 18.1 Å². The molecule has 0 radical (unpaired) electrons. The number of non-ortho nitro benzene ring substituents is 1. The Hall–Kier alpha value is -1.86. The molecule has 0 saturated heterocycles. The third-order valence-electron chi connectivity index (χ3n) is 1.62. The second kappa shape index (κ2) is 3.70. The first-order valence-corrected chi connectivity index (χ1v) is 3.61. The first-order valence-electron chi connectivity index (χ1n) is 3.61. The lowest BCUT2D eigenvalue weighted by Crippen LogP contribution is -2.07. The highest BCUT2D eigenvalue weighted by atomic mass is 16.6. The molecule has 1 rings (SSSR count). The van der Waals surface area contributed by atoms with Crippen LogP contribution in [0.15, 0.2) is 24.3 Å². The lowest BCUT2D eigenvalue weighted by Gasteiger charge is -2.02. The van der Waals surface area contributed by atoms with Gasteiger partial charge in [0.2, 0.25) is 0 Å². The number of benzene rings is 1. The van der Waals surface area contributed by atoms with Crippen molar-refractivity contribution in [1.82, 2.24) is 0 Å². The number of hydrogen-bond donors (Lipinski definition) is 1. The van der Waals surface area contributed by atoms with E-state index in [9.17, 15) is 10.1 Å². The second-order valence-electron chi connectivity index (χ2n) is 2.50. The molecular formula is C9H8N2O2. The molecule has 1 aromatic carbocycles. The van der Waals surface area contributed by atoms with E-state index in [4.69, 9.17) is 12.2 Å². The average Bonchev–Trinajstić information content (AvgIpc) is 2.17. The second-order valence-corrected chi connectivity index (χ2v) is 2.50. The first-order chi connectivity index (χ1) is 6.15. The van der Waals surface area contributed by atoms with Gasteiger partial charge in [-0.3, -0.25) is 10.1 Å². The van der Waals surface area contributed by atoms with Crippen molar-refractivity contribution in [2.45, 2.75) is 6.04 Å². The molecule has 0 heterocycles. The summed E-state index contributed by atoms with van der Waals surface area (Å²) in [5.74, 6) is 2.30. The number of nitrogens with zero attached hydrogens (tertiary/aromatic N) is 1. The zero-order valence-electron chi connectivity index (χ0n) is 6.81. The van der Waals surface area contributed by atoms with Gasteiger partial charge in [0.15, 0.2) is 0 Å². The van der Waals surface area contributed by atoms with Crippen LogP contribution in [0.3, 0.4) is 0 Å². The molecule has 1 atom stereocenters. The zero-order chi connectivity index (χ0) is 9.84. The van der Waals surface area contributed by atoms with E-state index in [0.717, 1.165) is 0 Å². The number of hydrogen-bond acceptors (Lipinski definition) is 3. The molecule has 0 aliphatic heterocycles. The number of nitro benzene ring substituents is 1. The molecule has 0 bridgehead atoms. The van der Waals surface area contributed by atoms with Crippen LogP contribution in [0, 0.1) is 22.5 Å². The van der Waals surface area contributed by atoms with Crippen LogP contribution in [0.4, 0.5) is 5.69 Å². The monoisotopic (exact) mass is 176 g/mol. The van der Waals surface area contributed by atoms with E-state index in [1.54, 1.807) is 12.1 Å². The summed E-state index contributed by atoms with van der Waals surface area (Å²) in [5, 5.41) is 10.4. The van der Waals surface area contributed by atoms with Crippen LogP contribution in [0.5, 0.6) is 0 Å². The van der Waals surface area contributed by atoms with Crippen LogP contribution in [0.2, 0.25) is 0 Å². The van der Waals surface area contributed by atoms with Gasteiger partial charge in [-0.15, -0.1) is 6.42 Å². The van der Waals surface area contributed by atoms with Crippen molar-refractivity contribution < 1.29 is 4.92 Å². The fourth-order valence-corrected chi connectivity index (χ4v) is 0.928. The normalized spacial score (nSPS) is 11.7. The predicted molar refractivity (Wildman–Crippen MR) is 48.9 cm³/mol. The van der Waals surface area contributed by atoms with Gasteiger partial charge in [-0.25, -0.2) is 0 Å². The van der Waals surface area contributed by atoms with Crippen molar-refractivity contribution >= 4 is 5.69 Å². The van der Waals surface area contributed by atoms with Crippen molar-refractivity contribution in [2.75, 3.05) is 0 Å². The summed E-state index contributed by atoms with van der Waals surface area (Å²) < 4.78 is 0. The lowest BCUT2D eigenvalue weighted by molar-refractivity contribution is -0.384. The molecular weight excluding hydrogens is 168 g/mol. The van der Waals surface area contributed by atoms with Crippen LogP contribution < -0.4 is 5.73 Å². The highest BCUT2D eigenvalue weighted by molar-refractivity contribution is 5.37. The Morgan fingerprint density at radius 2 is 2.31 bits per heavy atom. The molecule has 4 heteroatoms. The van der Waals surface area contributed by atoms with Crippen molar-refractivity contribution in [3.05, 3.63) is 39.9 Å². The van der Waals surface area contributed by atoms with Gasteiger partial charge >= 0.3 is 0 Å². The van der Waals surface area contributed by atoms with Gasteiger partial charge in [0.05, 0.1) is 11.0 Å². The minimum Gasteiger partial charge on any atom is -0.314 e. The van der Waals surface area contributed by atoms with Gasteiger partial charge in [0.25, 0.3) is 5.69 Å². The largest absolute Gasteiger partial charge is 0.314 e. The number of rotatable bonds is 2. The molecule has 0 aromatic heterocycles. The summed E-state index contributed by atoms with van der Waals surface area (Å²) in [6, 6.07) is 5.42. The summed E-state index contributed by atoms with van der Waals surface area (Å²) in [4.78, 5) is 9.90. The third-order valence-corrected chi connectivity index (χ3v) is 1.62. The van der Waals surface area contributed by atoms with Gasteiger partial charge in [0.1, 0.15) is 0 Å². The van der Waals surface area contributed by atoms with Gasteiger partial charge in [-0.2, -0.15) is 0 Å². The van der Waals surface area contributed by atoms with Gasteiger partial charge < -0.3 is 5.73 Å². The molecule has 0 unspecified atom stereocenters. The molecule has 1 aromatic rings. The van der Waals surface area contributed by atoms with Crippen LogP contribution in [-0.2, 0) is 0 Å². The first kappa shape index (κ1) is 9.23. The Bertz CT molecular complexity index is 368. The average molecular weight is 176 g/mol. The molecule has 2 N–H and O–H groups in total. The van der Waals surface area contributed by atoms with Crippen molar-refractivity contribution in [3.63, 3.8) is 0 Å². The molecule has 0 fully saturated rings. The maximum absolute atomic E-state index is 10.4. The van der Waals surface area contributed by atoms with E-state index >= 15 is 0 Å². The van der Waals surface area contributed by atoms with Crippen LogP contribution in [-0.4, -0.2) is 4.92 Å². The van der Waals surface area contributed by atoms with E-state index in [1.807, 2.05) is 0 Å². The topological polar surface area (TPSA) is 69.2 Å². The lowest BCUT2D eigenvalue weighted by atomic mass is 10.1. The fraction of sp³-hybridized carbons (Fsp3) is 0.111. The number of nitro groups is 1. The molecule has 13 heavy (non-hydrogen) atoms. The standard InChI is InChI=1S/C9H8N2O2/c1-2-9(10)7-4-3-5-8(6-7)11(12)13/h1,3-6,9H,10H2/t9-/m0/s1. The molecule has 0 spiro atoms. The summed E-state index contributed by atoms with van der Waals surface area (Å²) in [6.07, 6.45) is 5.09. The van der Waals surface area contributed by atoms with E-state index in [1.165, 1.54) is 12.1 Å². The fourth-order valence-electron chi connectivity index (χ4n) is 0.928. The van der Waals surface area contributed by atoms with Crippen LogP contribution in [0.25, 0.3) is 0 Å². The van der Waals surface area contributed by atoms with E-state index in [-0.39, 0.29) is 5.69 Å². The molecule has 0 amide bonds. The van der Waals surface area contributed by atoms with E-state index in [2.05, 4.69) is 5.92 Å². The molecule has 0 saturated carbocycles. The zero-order valence-corrected chi connectivity index (χ0v) is 6.81. The summed E-state index contributed by atoms with van der Waals surface area (Å²) in [7, 11) is 0. The maximum Gasteiger partial charge on any atom is 0.269 e. The predicted octanol–water partition coefficient (Wildman–Crippen LogP) is 1.23. The highest BCUT2D eigenvalue weighted by Crippen LogP contribution is 2.16. The Morgan fingerprint density at radius 3 is 2.85 bits per heavy atom. The Morgan fingerprint density at radius 1 is 1.62 bits per heavy atom. The van der Waals surface area contributed by atoms with Gasteiger partial charge in [0, 0.05) is 12.1 Å². The van der Waals surface area contributed by atoms with Crippen molar-refractivity contribution in [2.24, 2.45) is 5.73 Å². The van der Waals surface area contributed by atoms with Gasteiger partial charge in [-0.05, 0) is 5.56 Å². The highest BCUT2D eigenvalue weighted by Gasteiger charge is 2.08. The molecule has 66 valence electrons. The summed E-state index contributed by atoms with van der Waals surface area (Å²) in [5.41, 5.74) is 6.09. The Labute approximate surface area is 75.5 Å². The minimum absolute atomic E-state index is 0.00296.